The predicted molar refractivity (Wildman–Crippen MR) is 129 cm³/mol. The van der Waals surface area contributed by atoms with E-state index in [9.17, 15) is 25.9 Å². The Balaban J connectivity index is -0.000000490. The second-order valence-electron chi connectivity index (χ2n) is 8.21. The average molecular weight is 608 g/mol. The quantitative estimate of drug-likeness (QED) is 0.111. The van der Waals surface area contributed by atoms with Crippen LogP contribution in [0.2, 0.25) is 0 Å². The first kappa shape index (κ1) is 36.9. The molecule has 0 atom stereocenters. The molecule has 0 bridgehead atoms. The number of hydrogen-bond donors (Lipinski definition) is 0. The first-order chi connectivity index (χ1) is 14.0. The summed E-state index contributed by atoms with van der Waals surface area (Å²) >= 11 is 0. The number of hydrogen-bond acceptors (Lipinski definition) is 6. The van der Waals surface area contributed by atoms with Crippen LogP contribution in [0.1, 0.15) is 130 Å². The maximum absolute atomic E-state index is 11.0. The second-order valence-corrected chi connectivity index (χ2v) is 11.5. The van der Waals surface area contributed by atoms with Crippen molar-refractivity contribution in [3.63, 3.8) is 0 Å². The minimum atomic E-state index is -4.08. The van der Waals surface area contributed by atoms with Crippen molar-refractivity contribution < 1.29 is 25.9 Å². The molecule has 0 amide bonds. The van der Waals surface area contributed by atoms with Gasteiger partial charge in [-0.25, -0.2) is 16.8 Å². The summed E-state index contributed by atoms with van der Waals surface area (Å²) in [6.45, 7) is 8.27. The van der Waals surface area contributed by atoms with Crippen LogP contribution in [0.3, 0.4) is 0 Å². The summed E-state index contributed by atoms with van der Waals surface area (Å²) in [4.78, 5) is 0. The molecule has 0 saturated heterocycles. The molecule has 0 aliphatic rings. The molecule has 0 aliphatic heterocycles. The molecule has 0 aromatic heterocycles. The van der Waals surface area contributed by atoms with E-state index in [1.807, 2.05) is 0 Å². The fraction of sp³-hybridized carbons (Fsp3) is 1.00. The maximum atomic E-state index is 11.0. The van der Waals surface area contributed by atoms with E-state index in [4.69, 9.17) is 0 Å². The van der Waals surface area contributed by atoms with Gasteiger partial charge in [-0.1, -0.05) is 105 Å². The van der Waals surface area contributed by atoms with Gasteiger partial charge in [-0.3, -0.25) is 0 Å². The van der Waals surface area contributed by atoms with Crippen molar-refractivity contribution in [1.29, 1.82) is 0 Å². The van der Waals surface area contributed by atoms with E-state index in [2.05, 4.69) is 27.7 Å². The molecule has 31 heavy (non-hydrogen) atoms. The van der Waals surface area contributed by atoms with Crippen LogP contribution in [0.4, 0.5) is 0 Å². The van der Waals surface area contributed by atoms with E-state index in [0.717, 1.165) is 77.0 Å². The summed E-state index contributed by atoms with van der Waals surface area (Å²) in [5.74, 6) is 0. The first-order valence-corrected chi connectivity index (χ1v) is 14.9. The molecule has 0 fully saturated rings. The van der Waals surface area contributed by atoms with Gasteiger partial charge < -0.3 is 9.11 Å². The normalized spacial score (nSPS) is 11.9. The van der Waals surface area contributed by atoms with Crippen LogP contribution in [0, 0.1) is 0 Å². The van der Waals surface area contributed by atoms with Crippen LogP contribution < -0.4 is 0 Å². The van der Waals surface area contributed by atoms with Crippen LogP contribution >= 0.6 is 0 Å². The topological polar surface area (TPSA) is 114 Å². The fourth-order valence-corrected chi connectivity index (χ4v) is 5.18. The Kier molecular flexibility index (Phi) is 27.6. The Labute approximate surface area is 233 Å². The van der Waals surface area contributed by atoms with E-state index in [1.54, 1.807) is 0 Å². The molecular weight excluding hydrogens is 562 g/mol. The molecule has 0 N–H and O–H groups in total. The SMILES string of the molecule is CCCCCC(CCCCC)S(=O)(=O)[O-].CCCCCC(CCCCC)S(=O)(=O)[O-].[Ba+2]. The van der Waals surface area contributed by atoms with Crippen LogP contribution in [-0.4, -0.2) is 85.3 Å². The second kappa shape index (κ2) is 23.1. The minimum Gasteiger partial charge on any atom is -0.748 e. The number of rotatable bonds is 18. The molecule has 0 aromatic rings. The van der Waals surface area contributed by atoms with Crippen molar-refractivity contribution in [3.8, 4) is 0 Å². The van der Waals surface area contributed by atoms with E-state index >= 15 is 0 Å². The average Bonchev–Trinajstić information content (AvgIpc) is 2.65. The number of unbranched alkanes of at least 4 members (excludes halogenated alkanes) is 8. The smallest absolute Gasteiger partial charge is 0.748 e. The van der Waals surface area contributed by atoms with Gasteiger partial charge in [0.1, 0.15) is 0 Å². The summed E-state index contributed by atoms with van der Waals surface area (Å²) in [6, 6.07) is 0. The van der Waals surface area contributed by atoms with E-state index in [0.29, 0.717) is 25.7 Å². The molecule has 0 spiro atoms. The maximum Gasteiger partial charge on any atom is 2.00 e. The molecule has 9 heteroatoms. The zero-order valence-corrected chi connectivity index (χ0v) is 26.5. The van der Waals surface area contributed by atoms with Crippen LogP contribution in [-0.2, 0) is 20.2 Å². The third kappa shape index (κ3) is 24.3. The summed E-state index contributed by atoms with van der Waals surface area (Å²) in [7, 11) is -8.15. The van der Waals surface area contributed by atoms with Crippen molar-refractivity contribution >= 4 is 69.1 Å². The van der Waals surface area contributed by atoms with Crippen LogP contribution in [0.25, 0.3) is 0 Å². The molecule has 0 aromatic carbocycles. The molecule has 184 valence electrons. The monoisotopic (exact) mass is 608 g/mol. The zero-order valence-electron chi connectivity index (χ0n) is 20.4. The Morgan fingerprint density at radius 2 is 0.677 bits per heavy atom. The van der Waals surface area contributed by atoms with Gasteiger partial charge in [-0.05, 0) is 25.7 Å². The Bertz CT molecular complexity index is 507. The van der Waals surface area contributed by atoms with Gasteiger partial charge in [0.05, 0.1) is 20.2 Å². The third-order valence-electron chi connectivity index (χ3n) is 5.34. The van der Waals surface area contributed by atoms with E-state index in [1.165, 1.54) is 0 Å². The molecule has 0 rings (SSSR count). The minimum absolute atomic E-state index is 0. The van der Waals surface area contributed by atoms with Crippen LogP contribution in [0.5, 0.6) is 0 Å². The largest absolute Gasteiger partial charge is 2.00 e. The molecule has 0 radical (unpaired) electrons. The third-order valence-corrected chi connectivity index (χ3v) is 7.91. The van der Waals surface area contributed by atoms with Crippen molar-refractivity contribution in [2.75, 3.05) is 0 Å². The van der Waals surface area contributed by atoms with E-state index < -0.39 is 30.7 Å². The molecular formula is C22H46BaO6S2. The van der Waals surface area contributed by atoms with Crippen molar-refractivity contribution in [2.45, 2.75) is 141 Å². The van der Waals surface area contributed by atoms with E-state index in [-0.39, 0.29) is 48.9 Å². The van der Waals surface area contributed by atoms with Gasteiger partial charge in [0, 0.05) is 10.5 Å². The molecule has 0 unspecified atom stereocenters. The van der Waals surface area contributed by atoms with Gasteiger partial charge in [-0.15, -0.1) is 0 Å². The predicted octanol–water partition coefficient (Wildman–Crippen LogP) is 5.74. The Morgan fingerprint density at radius 1 is 0.484 bits per heavy atom. The summed E-state index contributed by atoms with van der Waals surface area (Å²) in [5, 5.41) is -1.29. The Morgan fingerprint density at radius 3 is 0.806 bits per heavy atom. The van der Waals surface area contributed by atoms with Gasteiger partial charge in [0.25, 0.3) is 0 Å². The summed E-state index contributed by atoms with van der Waals surface area (Å²) in [5.41, 5.74) is 0. The van der Waals surface area contributed by atoms with Gasteiger partial charge >= 0.3 is 48.9 Å². The first-order valence-electron chi connectivity index (χ1n) is 11.9. The Hall–Kier alpha value is 1.39. The van der Waals surface area contributed by atoms with Gasteiger partial charge in [0.15, 0.2) is 0 Å². The fourth-order valence-electron chi connectivity index (χ4n) is 3.35. The zero-order chi connectivity index (χ0) is 23.5. The van der Waals surface area contributed by atoms with Crippen LogP contribution in [0.15, 0.2) is 0 Å². The van der Waals surface area contributed by atoms with Crippen molar-refractivity contribution in [3.05, 3.63) is 0 Å². The summed E-state index contributed by atoms with van der Waals surface area (Å²) in [6.07, 6.45) is 13.9. The van der Waals surface area contributed by atoms with Crippen molar-refractivity contribution in [2.24, 2.45) is 0 Å². The molecule has 6 nitrogen and oxygen atoms in total. The molecule has 0 heterocycles. The molecule has 0 saturated carbocycles. The molecule has 0 aliphatic carbocycles. The van der Waals surface area contributed by atoms with Gasteiger partial charge in [-0.2, -0.15) is 0 Å². The van der Waals surface area contributed by atoms with Crippen molar-refractivity contribution in [1.82, 2.24) is 0 Å². The standard InChI is InChI=1S/2C11H24O3S.Ba/c2*1-3-5-7-9-11(15(12,13)14)10-8-6-4-2;/h2*11H,3-10H2,1-2H3,(H,12,13,14);/q;;+2/p-2. The van der Waals surface area contributed by atoms with Gasteiger partial charge in [0.2, 0.25) is 0 Å². The summed E-state index contributed by atoms with van der Waals surface area (Å²) < 4.78 is 65.8.